The van der Waals surface area contributed by atoms with Gasteiger partial charge in [-0.1, -0.05) is 0 Å². The molecule has 3 heterocycles. The lowest BCUT2D eigenvalue weighted by Gasteiger charge is -2.23. The quantitative estimate of drug-likeness (QED) is 0.718. The molecule has 1 aromatic carbocycles. The Kier molecular flexibility index (Phi) is 5.07. The van der Waals surface area contributed by atoms with Crippen LogP contribution in [-0.2, 0) is 4.79 Å². The molecule has 1 aliphatic rings. The number of rotatable bonds is 5. The number of nitrogens with one attached hydrogen (secondary N) is 1. The molecule has 1 aliphatic heterocycles. The number of amides is 2. The number of methoxy groups -OCH3 is 1. The van der Waals surface area contributed by atoms with Gasteiger partial charge in [-0.3, -0.25) is 9.59 Å². The van der Waals surface area contributed by atoms with Crippen molar-refractivity contribution in [3.05, 3.63) is 60.4 Å². The molecule has 0 aliphatic carbocycles. The summed E-state index contributed by atoms with van der Waals surface area (Å²) in [7, 11) is 1.47. The molecule has 3 aromatic rings. The van der Waals surface area contributed by atoms with Crippen LogP contribution in [-0.4, -0.2) is 46.0 Å². The Morgan fingerprint density at radius 2 is 2.00 bits per heavy atom. The molecule has 0 bridgehead atoms. The van der Waals surface area contributed by atoms with Crippen LogP contribution >= 0.6 is 0 Å². The zero-order valence-electron chi connectivity index (χ0n) is 16.3. The number of hydrogen-bond donors (Lipinski definition) is 1. The van der Waals surface area contributed by atoms with Crippen LogP contribution < -0.4 is 10.1 Å². The second kappa shape index (κ2) is 7.83. The van der Waals surface area contributed by atoms with E-state index in [1.54, 1.807) is 23.2 Å². The molecule has 0 radical (unpaired) electrons. The fraction of sp³-hybridized carbons (Fsp3) is 0.286. The molecule has 1 fully saturated rings. The van der Waals surface area contributed by atoms with Crippen molar-refractivity contribution in [2.24, 2.45) is 0 Å². The molecule has 2 aromatic heterocycles. The largest absolute Gasteiger partial charge is 0.468 e. The Bertz CT molecular complexity index is 1020. The maximum absolute atomic E-state index is 12.8. The number of nitrogens with zero attached hydrogens (tertiary/aromatic N) is 3. The lowest BCUT2D eigenvalue weighted by molar-refractivity contribution is -0.119. The topological polar surface area (TPSA) is 89.6 Å². The van der Waals surface area contributed by atoms with Crippen molar-refractivity contribution >= 4 is 17.5 Å². The Morgan fingerprint density at radius 1 is 1.21 bits per heavy atom. The molecule has 8 heteroatoms. The Morgan fingerprint density at radius 3 is 2.66 bits per heavy atom. The van der Waals surface area contributed by atoms with Crippen molar-refractivity contribution in [1.82, 2.24) is 14.5 Å². The summed E-state index contributed by atoms with van der Waals surface area (Å²) in [5, 5.41) is 2.91. The molecule has 1 N–H and O–H groups in total. The van der Waals surface area contributed by atoms with Crippen molar-refractivity contribution in [3.63, 3.8) is 0 Å². The number of anilines is 1. The first-order chi connectivity index (χ1) is 14.1. The third kappa shape index (κ3) is 3.73. The highest BCUT2D eigenvalue weighted by Gasteiger charge is 2.35. The molecule has 0 spiro atoms. The highest BCUT2D eigenvalue weighted by atomic mass is 16.6. The summed E-state index contributed by atoms with van der Waals surface area (Å²) in [6.45, 7) is 2.44. The van der Waals surface area contributed by atoms with E-state index in [-0.39, 0.29) is 23.5 Å². The zero-order valence-corrected chi connectivity index (χ0v) is 16.3. The summed E-state index contributed by atoms with van der Waals surface area (Å²) in [4.78, 5) is 31.3. The molecule has 1 saturated heterocycles. The van der Waals surface area contributed by atoms with E-state index in [0.29, 0.717) is 18.7 Å². The van der Waals surface area contributed by atoms with Gasteiger partial charge in [0.15, 0.2) is 5.76 Å². The predicted molar refractivity (Wildman–Crippen MR) is 106 cm³/mol. The summed E-state index contributed by atoms with van der Waals surface area (Å²) < 4.78 is 12.3. The van der Waals surface area contributed by atoms with Gasteiger partial charge in [0.1, 0.15) is 11.9 Å². The van der Waals surface area contributed by atoms with Crippen molar-refractivity contribution < 1.29 is 18.7 Å². The number of furan rings is 1. The van der Waals surface area contributed by atoms with Crippen LogP contribution in [0.25, 0.3) is 5.69 Å². The molecule has 29 heavy (non-hydrogen) atoms. The third-order valence-corrected chi connectivity index (χ3v) is 5.05. The van der Waals surface area contributed by atoms with Gasteiger partial charge in [-0.15, -0.1) is 0 Å². The summed E-state index contributed by atoms with van der Waals surface area (Å²) in [5.41, 5.74) is 1.64. The number of aromatic nitrogens is 2. The van der Waals surface area contributed by atoms with Crippen LogP contribution in [0.5, 0.6) is 5.95 Å². The minimum atomic E-state index is -0.533. The average Bonchev–Trinajstić information content (AvgIpc) is 3.48. The normalized spacial score (nSPS) is 16.1. The standard InChI is InChI=1S/C21H22N4O4/c1-14-22-11-13-24(14)16-7-5-15(6-8-16)23-20(26)17-4-3-12-25(17)21(27)18-9-10-19(28-2)29-18/h5-11,13,17H,3-4,12H2,1-2H3,(H,23,26). The van der Waals surface area contributed by atoms with E-state index >= 15 is 0 Å². The molecule has 2 amide bonds. The lowest BCUT2D eigenvalue weighted by Crippen LogP contribution is -2.43. The molecule has 1 atom stereocenters. The Labute approximate surface area is 168 Å². The first kappa shape index (κ1) is 18.8. The van der Waals surface area contributed by atoms with Gasteiger partial charge >= 0.3 is 0 Å². The zero-order chi connectivity index (χ0) is 20.4. The lowest BCUT2D eigenvalue weighted by atomic mass is 10.2. The van der Waals surface area contributed by atoms with Gasteiger partial charge in [0.05, 0.1) is 7.11 Å². The molecular formula is C21H22N4O4. The fourth-order valence-corrected chi connectivity index (χ4v) is 3.55. The van der Waals surface area contributed by atoms with Crippen molar-refractivity contribution in [1.29, 1.82) is 0 Å². The van der Waals surface area contributed by atoms with Crippen molar-refractivity contribution in [2.45, 2.75) is 25.8 Å². The number of hydrogen-bond acceptors (Lipinski definition) is 5. The van der Waals surface area contributed by atoms with Gasteiger partial charge in [0, 0.05) is 36.4 Å². The van der Waals surface area contributed by atoms with Crippen LogP contribution in [0.2, 0.25) is 0 Å². The smallest absolute Gasteiger partial charge is 0.290 e. The minimum absolute atomic E-state index is 0.168. The summed E-state index contributed by atoms with van der Waals surface area (Å²) in [5.74, 6) is 0.803. The Hall–Kier alpha value is -3.55. The number of aryl methyl sites for hydroxylation is 1. The molecule has 150 valence electrons. The maximum atomic E-state index is 12.8. The van der Waals surface area contributed by atoms with E-state index in [1.807, 2.05) is 42.0 Å². The summed E-state index contributed by atoms with van der Waals surface area (Å²) >= 11 is 0. The number of ether oxygens (including phenoxy) is 1. The van der Waals surface area contributed by atoms with Gasteiger partial charge in [-0.05, 0) is 50.1 Å². The second-order valence-corrected chi connectivity index (χ2v) is 6.86. The van der Waals surface area contributed by atoms with E-state index in [4.69, 9.17) is 9.15 Å². The van der Waals surface area contributed by atoms with E-state index in [9.17, 15) is 9.59 Å². The maximum Gasteiger partial charge on any atom is 0.290 e. The SMILES string of the molecule is COc1ccc(C(=O)N2CCCC2C(=O)Nc2ccc(-n3ccnc3C)cc2)o1. The van der Waals surface area contributed by atoms with Gasteiger partial charge < -0.3 is 23.9 Å². The van der Waals surface area contributed by atoms with Crippen molar-refractivity contribution in [2.75, 3.05) is 19.0 Å². The second-order valence-electron chi connectivity index (χ2n) is 6.86. The third-order valence-electron chi connectivity index (χ3n) is 5.05. The molecule has 4 rings (SSSR count). The molecule has 0 saturated carbocycles. The van der Waals surface area contributed by atoms with Crippen LogP contribution in [0.15, 0.2) is 53.2 Å². The van der Waals surface area contributed by atoms with E-state index in [1.165, 1.54) is 7.11 Å². The number of imidazole rings is 1. The van der Waals surface area contributed by atoms with E-state index < -0.39 is 6.04 Å². The number of carbonyl (C=O) groups excluding carboxylic acids is 2. The fourth-order valence-electron chi connectivity index (χ4n) is 3.55. The predicted octanol–water partition coefficient (Wildman–Crippen LogP) is 3.03. The van der Waals surface area contributed by atoms with Crippen molar-refractivity contribution in [3.8, 4) is 11.6 Å². The minimum Gasteiger partial charge on any atom is -0.468 e. The summed E-state index contributed by atoms with van der Waals surface area (Å²) in [6, 6.07) is 10.1. The van der Waals surface area contributed by atoms with Crippen LogP contribution in [0.3, 0.4) is 0 Å². The first-order valence-corrected chi connectivity index (χ1v) is 9.43. The molecular weight excluding hydrogens is 372 g/mol. The summed E-state index contributed by atoms with van der Waals surface area (Å²) in [6.07, 6.45) is 5.00. The molecule has 8 nitrogen and oxygen atoms in total. The first-order valence-electron chi connectivity index (χ1n) is 9.43. The van der Waals surface area contributed by atoms with Gasteiger partial charge in [0.2, 0.25) is 5.91 Å². The van der Waals surface area contributed by atoms with Crippen LogP contribution in [0, 0.1) is 6.92 Å². The Balaban J connectivity index is 1.44. The van der Waals surface area contributed by atoms with E-state index in [2.05, 4.69) is 10.3 Å². The van der Waals surface area contributed by atoms with Gasteiger partial charge in [-0.2, -0.15) is 0 Å². The number of benzene rings is 1. The highest BCUT2D eigenvalue weighted by Crippen LogP contribution is 2.24. The monoisotopic (exact) mass is 394 g/mol. The van der Waals surface area contributed by atoms with E-state index in [0.717, 1.165) is 17.9 Å². The van der Waals surface area contributed by atoms with Crippen LogP contribution in [0.1, 0.15) is 29.2 Å². The average molecular weight is 394 g/mol. The van der Waals surface area contributed by atoms with Gasteiger partial charge in [-0.25, -0.2) is 4.98 Å². The number of carbonyl (C=O) groups is 2. The van der Waals surface area contributed by atoms with Crippen LogP contribution in [0.4, 0.5) is 5.69 Å². The van der Waals surface area contributed by atoms with Gasteiger partial charge in [0.25, 0.3) is 11.9 Å². The molecule has 1 unspecified atom stereocenters. The highest BCUT2D eigenvalue weighted by molar-refractivity contribution is 6.00. The number of likely N-dealkylation sites (tertiary alicyclic amines) is 1.